The Kier molecular flexibility index (Phi) is 4.75. The van der Waals surface area contributed by atoms with E-state index in [4.69, 9.17) is 16.3 Å². The van der Waals surface area contributed by atoms with Crippen molar-refractivity contribution in [1.29, 1.82) is 0 Å². The lowest BCUT2D eigenvalue weighted by Gasteiger charge is -2.23. The largest absolute Gasteiger partial charge is 0.488 e. The molecule has 0 saturated heterocycles. The number of nitrogens with one attached hydrogen (secondary N) is 1. The molecule has 6 heteroatoms. The Labute approximate surface area is 135 Å². The van der Waals surface area contributed by atoms with E-state index in [-0.39, 0.29) is 0 Å². The van der Waals surface area contributed by atoms with Crippen molar-refractivity contribution in [1.82, 2.24) is 20.1 Å². The van der Waals surface area contributed by atoms with E-state index >= 15 is 0 Å². The van der Waals surface area contributed by atoms with Crippen molar-refractivity contribution in [3.05, 3.63) is 53.6 Å². The van der Waals surface area contributed by atoms with Crippen molar-refractivity contribution >= 4 is 11.6 Å². The predicted molar refractivity (Wildman–Crippen MR) is 86.1 cm³/mol. The number of ether oxygens (including phenoxy) is 1. The van der Waals surface area contributed by atoms with Crippen molar-refractivity contribution in [3.63, 3.8) is 0 Å². The minimum Gasteiger partial charge on any atom is -0.488 e. The second-order valence-electron chi connectivity index (χ2n) is 5.34. The number of hydrogen-bond acceptors (Lipinski definition) is 4. The fourth-order valence-electron chi connectivity index (χ4n) is 2.59. The Hall–Kier alpha value is -1.85. The first kappa shape index (κ1) is 15.1. The van der Waals surface area contributed by atoms with Gasteiger partial charge in [0.15, 0.2) is 0 Å². The fraction of sp³-hybridized carbons (Fsp3) is 0.375. The Morgan fingerprint density at radius 3 is 3.23 bits per heavy atom. The summed E-state index contributed by atoms with van der Waals surface area (Å²) in [7, 11) is 0. The maximum Gasteiger partial charge on any atom is 0.138 e. The number of nitrogens with zero attached hydrogens (tertiary/aromatic N) is 3. The molecule has 1 aliphatic rings. The monoisotopic (exact) mass is 318 g/mol. The van der Waals surface area contributed by atoms with Crippen LogP contribution in [0.2, 0.25) is 5.02 Å². The molecule has 1 N–H and O–H groups in total. The van der Waals surface area contributed by atoms with Gasteiger partial charge in [0.2, 0.25) is 0 Å². The molecule has 0 spiro atoms. The van der Waals surface area contributed by atoms with Gasteiger partial charge in [-0.05, 0) is 24.1 Å². The van der Waals surface area contributed by atoms with Crippen LogP contribution in [0, 0.1) is 0 Å². The maximum atomic E-state index is 6.23. The molecule has 2 aromatic rings. The number of rotatable bonds is 6. The zero-order valence-electron chi connectivity index (χ0n) is 12.3. The summed E-state index contributed by atoms with van der Waals surface area (Å²) in [6, 6.07) is 6.28. The summed E-state index contributed by atoms with van der Waals surface area (Å²) in [5, 5.41) is 8.42. The van der Waals surface area contributed by atoms with E-state index in [0.29, 0.717) is 23.4 Å². The second kappa shape index (κ2) is 6.94. The van der Waals surface area contributed by atoms with E-state index < -0.39 is 0 Å². The molecule has 0 bridgehead atoms. The number of hydrogen-bond donors (Lipinski definition) is 1. The first-order valence-corrected chi connectivity index (χ1v) is 7.76. The second-order valence-corrected chi connectivity index (χ2v) is 5.75. The third kappa shape index (κ3) is 3.48. The fourth-order valence-corrected chi connectivity index (χ4v) is 2.84. The standard InChI is InChI=1S/C16H19ClN4O/c1-2-7-22-15-5-3-12(8-14(15)17)9-18-13-4-6-16-19-11-20-21(16)10-13/h2-3,5,8,11,13,18H,1,4,6-7,9-10H2/t13-/m1/s1. The molecule has 1 aromatic heterocycles. The molecule has 1 aliphatic heterocycles. The van der Waals surface area contributed by atoms with Crippen LogP contribution >= 0.6 is 11.6 Å². The molecular weight excluding hydrogens is 300 g/mol. The molecule has 1 atom stereocenters. The Bertz CT molecular complexity index is 655. The molecule has 22 heavy (non-hydrogen) atoms. The van der Waals surface area contributed by atoms with Crippen LogP contribution in [0.4, 0.5) is 0 Å². The lowest BCUT2D eigenvalue weighted by atomic mass is 10.1. The smallest absolute Gasteiger partial charge is 0.138 e. The Morgan fingerprint density at radius 1 is 1.50 bits per heavy atom. The molecule has 0 amide bonds. The predicted octanol–water partition coefficient (Wildman–Crippen LogP) is 2.60. The minimum atomic E-state index is 0.407. The highest BCUT2D eigenvalue weighted by molar-refractivity contribution is 6.32. The van der Waals surface area contributed by atoms with Gasteiger partial charge in [-0.25, -0.2) is 9.67 Å². The lowest BCUT2D eigenvalue weighted by molar-refractivity contribution is 0.357. The van der Waals surface area contributed by atoms with Gasteiger partial charge in [0.1, 0.15) is 24.5 Å². The first-order chi connectivity index (χ1) is 10.8. The molecule has 0 unspecified atom stereocenters. The van der Waals surface area contributed by atoms with Crippen LogP contribution in [0.5, 0.6) is 5.75 Å². The van der Waals surface area contributed by atoms with E-state index in [0.717, 1.165) is 37.3 Å². The normalized spacial score (nSPS) is 17.0. The zero-order valence-corrected chi connectivity index (χ0v) is 13.1. The van der Waals surface area contributed by atoms with Crippen LogP contribution in [0.15, 0.2) is 37.2 Å². The third-order valence-corrected chi connectivity index (χ3v) is 4.05. The van der Waals surface area contributed by atoms with Crippen LogP contribution in [0.25, 0.3) is 0 Å². The van der Waals surface area contributed by atoms with Crippen LogP contribution < -0.4 is 10.1 Å². The Morgan fingerprint density at radius 2 is 2.41 bits per heavy atom. The quantitative estimate of drug-likeness (QED) is 0.832. The van der Waals surface area contributed by atoms with Gasteiger partial charge in [0.25, 0.3) is 0 Å². The van der Waals surface area contributed by atoms with Gasteiger partial charge in [-0.2, -0.15) is 5.10 Å². The summed E-state index contributed by atoms with van der Waals surface area (Å²) in [5.41, 5.74) is 1.14. The van der Waals surface area contributed by atoms with Crippen LogP contribution in [0.1, 0.15) is 17.8 Å². The summed E-state index contributed by atoms with van der Waals surface area (Å²) < 4.78 is 7.45. The summed E-state index contributed by atoms with van der Waals surface area (Å²) >= 11 is 6.23. The lowest BCUT2D eigenvalue weighted by Crippen LogP contribution is -2.37. The van der Waals surface area contributed by atoms with Crippen molar-refractivity contribution in [3.8, 4) is 5.75 Å². The molecular formula is C16H19ClN4O. The van der Waals surface area contributed by atoms with Crippen LogP contribution in [-0.4, -0.2) is 27.4 Å². The van der Waals surface area contributed by atoms with Gasteiger partial charge in [0.05, 0.1) is 11.6 Å². The van der Waals surface area contributed by atoms with Crippen molar-refractivity contribution in [2.45, 2.75) is 32.0 Å². The van der Waals surface area contributed by atoms with Gasteiger partial charge >= 0.3 is 0 Å². The van der Waals surface area contributed by atoms with Crippen LogP contribution in [-0.2, 0) is 19.5 Å². The minimum absolute atomic E-state index is 0.407. The average Bonchev–Trinajstić information content (AvgIpc) is 2.99. The van der Waals surface area contributed by atoms with Gasteiger partial charge in [0, 0.05) is 19.0 Å². The highest BCUT2D eigenvalue weighted by Crippen LogP contribution is 2.25. The molecule has 0 radical (unpaired) electrons. The van der Waals surface area contributed by atoms with E-state index in [2.05, 4.69) is 22.0 Å². The zero-order chi connectivity index (χ0) is 15.4. The molecule has 3 rings (SSSR count). The highest BCUT2D eigenvalue weighted by Gasteiger charge is 2.19. The van der Waals surface area contributed by atoms with Crippen molar-refractivity contribution in [2.75, 3.05) is 6.61 Å². The molecule has 0 aliphatic carbocycles. The number of aromatic nitrogens is 3. The van der Waals surface area contributed by atoms with Gasteiger partial charge < -0.3 is 10.1 Å². The van der Waals surface area contributed by atoms with Crippen molar-refractivity contribution < 1.29 is 4.74 Å². The topological polar surface area (TPSA) is 52.0 Å². The first-order valence-electron chi connectivity index (χ1n) is 7.38. The number of halogens is 1. The molecule has 2 heterocycles. The maximum absolute atomic E-state index is 6.23. The summed E-state index contributed by atoms with van der Waals surface area (Å²) in [6.45, 7) is 5.72. The molecule has 0 saturated carbocycles. The third-order valence-electron chi connectivity index (χ3n) is 3.75. The van der Waals surface area contributed by atoms with Gasteiger partial charge in [-0.1, -0.05) is 30.3 Å². The molecule has 1 aromatic carbocycles. The van der Waals surface area contributed by atoms with Crippen molar-refractivity contribution in [2.24, 2.45) is 0 Å². The summed E-state index contributed by atoms with van der Waals surface area (Å²) in [4.78, 5) is 4.24. The SMILES string of the molecule is C=CCOc1ccc(CN[C@@H]2CCc3ncnn3C2)cc1Cl. The number of fused-ring (bicyclic) bond motifs is 1. The summed E-state index contributed by atoms with van der Waals surface area (Å²) in [5.74, 6) is 1.76. The molecule has 116 valence electrons. The summed E-state index contributed by atoms with van der Waals surface area (Å²) in [6.07, 6.45) is 5.37. The van der Waals surface area contributed by atoms with Crippen LogP contribution in [0.3, 0.4) is 0 Å². The van der Waals surface area contributed by atoms with E-state index in [1.807, 2.05) is 22.9 Å². The highest BCUT2D eigenvalue weighted by atomic mass is 35.5. The van der Waals surface area contributed by atoms with E-state index in [1.165, 1.54) is 0 Å². The van der Waals surface area contributed by atoms with E-state index in [1.54, 1.807) is 12.4 Å². The van der Waals surface area contributed by atoms with E-state index in [9.17, 15) is 0 Å². The molecule has 0 fully saturated rings. The number of aryl methyl sites for hydroxylation is 1. The Balaban J connectivity index is 1.56. The number of benzene rings is 1. The van der Waals surface area contributed by atoms with Gasteiger partial charge in [-0.3, -0.25) is 0 Å². The van der Waals surface area contributed by atoms with Gasteiger partial charge in [-0.15, -0.1) is 0 Å². The average molecular weight is 319 g/mol. The molecule has 5 nitrogen and oxygen atoms in total.